The van der Waals surface area contributed by atoms with Crippen molar-refractivity contribution in [2.45, 2.75) is 32.9 Å². The maximum Gasteiger partial charge on any atom is 0.146 e. The second-order valence-corrected chi connectivity index (χ2v) is 6.87. The summed E-state index contributed by atoms with van der Waals surface area (Å²) in [6.07, 6.45) is 0. The Morgan fingerprint density at radius 1 is 1.43 bits per heavy atom. The topological polar surface area (TPSA) is 50.3 Å². The summed E-state index contributed by atoms with van der Waals surface area (Å²) in [6.45, 7) is 10.6. The molecule has 1 saturated heterocycles. The van der Waals surface area contributed by atoms with Crippen molar-refractivity contribution in [2.75, 3.05) is 31.6 Å². The van der Waals surface area contributed by atoms with Crippen LogP contribution in [0.2, 0.25) is 0 Å². The summed E-state index contributed by atoms with van der Waals surface area (Å²) < 4.78 is 5.76. The molecular weight excluding hydrogens is 284 g/mol. The first-order valence-electron chi connectivity index (χ1n) is 7.42. The van der Waals surface area contributed by atoms with Gasteiger partial charge in [0.25, 0.3) is 0 Å². The fraction of sp³-hybridized carbons (Fsp3) is 0.600. The number of hydrogen-bond donors (Lipinski definition) is 1. The van der Waals surface area contributed by atoms with E-state index in [1.165, 1.54) is 0 Å². The van der Waals surface area contributed by atoms with Gasteiger partial charge in [-0.3, -0.25) is 4.90 Å². The van der Waals surface area contributed by atoms with Gasteiger partial charge in [0.05, 0.1) is 24.1 Å². The molecule has 1 fully saturated rings. The van der Waals surface area contributed by atoms with Crippen LogP contribution in [0.15, 0.2) is 11.4 Å². The number of morpholine rings is 1. The van der Waals surface area contributed by atoms with Crippen molar-refractivity contribution < 1.29 is 4.74 Å². The number of rotatable bonds is 4. The predicted molar refractivity (Wildman–Crippen MR) is 86.9 cm³/mol. The van der Waals surface area contributed by atoms with Crippen molar-refractivity contribution in [3.8, 4) is 0 Å². The lowest BCUT2D eigenvalue weighted by Gasteiger charge is -2.37. The molecule has 0 aliphatic carbocycles. The first-order chi connectivity index (χ1) is 10.1. The lowest BCUT2D eigenvalue weighted by atomic mass is 10.1. The van der Waals surface area contributed by atoms with Gasteiger partial charge in [-0.25, -0.2) is 9.97 Å². The molecule has 1 aliphatic heterocycles. The smallest absolute Gasteiger partial charge is 0.146 e. The summed E-state index contributed by atoms with van der Waals surface area (Å²) in [5.41, 5.74) is -0.0875. The minimum Gasteiger partial charge on any atom is -0.373 e. The summed E-state index contributed by atoms with van der Waals surface area (Å²) in [7, 11) is 0. The molecule has 0 atom stereocenters. The van der Waals surface area contributed by atoms with E-state index < -0.39 is 0 Å². The van der Waals surface area contributed by atoms with Crippen LogP contribution in [0.1, 0.15) is 26.6 Å². The van der Waals surface area contributed by atoms with Gasteiger partial charge >= 0.3 is 0 Å². The highest BCUT2D eigenvalue weighted by Gasteiger charge is 2.27. The Kier molecular flexibility index (Phi) is 4.10. The second kappa shape index (κ2) is 5.87. The van der Waals surface area contributed by atoms with Crippen LogP contribution in [-0.4, -0.2) is 46.7 Å². The molecular formula is C15H22N4OS. The van der Waals surface area contributed by atoms with Gasteiger partial charge in [0.1, 0.15) is 16.5 Å². The molecule has 3 heterocycles. The Morgan fingerprint density at radius 3 is 3.05 bits per heavy atom. The number of nitrogens with one attached hydrogen (secondary N) is 1. The average Bonchev–Trinajstić information content (AvgIpc) is 2.86. The Balaban J connectivity index is 1.83. The molecule has 0 amide bonds. The summed E-state index contributed by atoms with van der Waals surface area (Å²) >= 11 is 1.67. The van der Waals surface area contributed by atoms with Crippen LogP contribution in [-0.2, 0) is 11.3 Å². The summed E-state index contributed by atoms with van der Waals surface area (Å²) in [6, 6.07) is 2.08. The van der Waals surface area contributed by atoms with Gasteiger partial charge < -0.3 is 10.1 Å². The van der Waals surface area contributed by atoms with Crippen LogP contribution in [0.3, 0.4) is 0 Å². The maximum atomic E-state index is 5.76. The summed E-state index contributed by atoms with van der Waals surface area (Å²) in [4.78, 5) is 12.8. The lowest BCUT2D eigenvalue weighted by molar-refractivity contribution is -0.0887. The number of nitrogens with zero attached hydrogens (tertiary/aromatic N) is 3. The lowest BCUT2D eigenvalue weighted by Crippen LogP contribution is -2.47. The number of hydrogen-bond acceptors (Lipinski definition) is 6. The average molecular weight is 306 g/mol. The van der Waals surface area contributed by atoms with Crippen LogP contribution in [0, 0.1) is 0 Å². The number of ether oxygens (including phenoxy) is 1. The minimum atomic E-state index is -0.0875. The van der Waals surface area contributed by atoms with Crippen molar-refractivity contribution in [3.63, 3.8) is 0 Å². The first-order valence-corrected chi connectivity index (χ1v) is 8.30. The molecule has 1 aliphatic rings. The van der Waals surface area contributed by atoms with Crippen LogP contribution in [0.25, 0.3) is 10.2 Å². The standard InChI is InChI=1S/C15H22N4OS/c1-4-16-13-11-5-8-21-14(11)18-12(17-13)9-19-6-7-20-15(2,3)10-19/h5,8H,4,6-7,9-10H2,1-3H3,(H,16,17,18). The molecule has 0 bridgehead atoms. The number of anilines is 1. The Morgan fingerprint density at radius 2 is 2.29 bits per heavy atom. The molecule has 21 heavy (non-hydrogen) atoms. The number of thiophene rings is 1. The van der Waals surface area contributed by atoms with E-state index in [0.717, 1.165) is 54.6 Å². The first kappa shape index (κ1) is 14.7. The molecule has 6 heteroatoms. The fourth-order valence-corrected chi connectivity index (χ4v) is 3.50. The van der Waals surface area contributed by atoms with Gasteiger partial charge in [0.2, 0.25) is 0 Å². The van der Waals surface area contributed by atoms with Crippen LogP contribution in [0.4, 0.5) is 5.82 Å². The highest BCUT2D eigenvalue weighted by molar-refractivity contribution is 7.16. The van der Waals surface area contributed by atoms with E-state index in [9.17, 15) is 0 Å². The van der Waals surface area contributed by atoms with Gasteiger partial charge in [0.15, 0.2) is 0 Å². The third-order valence-electron chi connectivity index (χ3n) is 3.59. The Labute approximate surface area is 129 Å². The zero-order chi connectivity index (χ0) is 14.9. The number of fused-ring (bicyclic) bond motifs is 1. The van der Waals surface area contributed by atoms with E-state index >= 15 is 0 Å². The minimum absolute atomic E-state index is 0.0875. The molecule has 0 saturated carbocycles. The van der Waals surface area contributed by atoms with E-state index in [1.807, 2.05) is 0 Å². The molecule has 0 spiro atoms. The molecule has 1 N–H and O–H groups in total. The number of aromatic nitrogens is 2. The molecule has 2 aromatic rings. The highest BCUT2D eigenvalue weighted by Crippen LogP contribution is 2.26. The monoisotopic (exact) mass is 306 g/mol. The SMILES string of the molecule is CCNc1nc(CN2CCOC(C)(C)C2)nc2sccc12. The van der Waals surface area contributed by atoms with Crippen molar-refractivity contribution in [1.29, 1.82) is 0 Å². The van der Waals surface area contributed by atoms with E-state index in [2.05, 4.69) is 42.4 Å². The third-order valence-corrected chi connectivity index (χ3v) is 4.39. The van der Waals surface area contributed by atoms with Gasteiger partial charge in [-0.1, -0.05) is 0 Å². The molecule has 0 radical (unpaired) electrons. The normalized spacial score (nSPS) is 19.0. The van der Waals surface area contributed by atoms with Gasteiger partial charge in [-0.2, -0.15) is 0 Å². The summed E-state index contributed by atoms with van der Waals surface area (Å²) in [5.74, 6) is 1.84. The van der Waals surface area contributed by atoms with Gasteiger partial charge in [0, 0.05) is 19.6 Å². The Bertz CT molecular complexity index is 625. The maximum absolute atomic E-state index is 5.76. The molecule has 3 rings (SSSR count). The third kappa shape index (κ3) is 3.33. The van der Waals surface area contributed by atoms with Crippen LogP contribution in [0.5, 0.6) is 0 Å². The van der Waals surface area contributed by atoms with E-state index in [4.69, 9.17) is 14.7 Å². The molecule has 5 nitrogen and oxygen atoms in total. The van der Waals surface area contributed by atoms with E-state index in [1.54, 1.807) is 11.3 Å². The largest absolute Gasteiger partial charge is 0.373 e. The predicted octanol–water partition coefficient (Wildman–Crippen LogP) is 2.73. The van der Waals surface area contributed by atoms with Gasteiger partial charge in [-0.15, -0.1) is 11.3 Å². The van der Waals surface area contributed by atoms with Crippen molar-refractivity contribution in [2.24, 2.45) is 0 Å². The molecule has 2 aromatic heterocycles. The fourth-order valence-electron chi connectivity index (χ4n) is 2.72. The molecule has 0 unspecified atom stereocenters. The van der Waals surface area contributed by atoms with Crippen molar-refractivity contribution in [1.82, 2.24) is 14.9 Å². The molecule has 114 valence electrons. The van der Waals surface area contributed by atoms with Crippen molar-refractivity contribution >= 4 is 27.4 Å². The van der Waals surface area contributed by atoms with Crippen LogP contribution < -0.4 is 5.32 Å². The van der Waals surface area contributed by atoms with E-state index in [-0.39, 0.29) is 5.60 Å². The second-order valence-electron chi connectivity index (χ2n) is 5.98. The highest BCUT2D eigenvalue weighted by atomic mass is 32.1. The van der Waals surface area contributed by atoms with Crippen LogP contribution >= 0.6 is 11.3 Å². The quantitative estimate of drug-likeness (QED) is 0.941. The Hall–Kier alpha value is -1.24. The zero-order valence-electron chi connectivity index (χ0n) is 12.8. The van der Waals surface area contributed by atoms with Crippen molar-refractivity contribution in [3.05, 3.63) is 17.3 Å². The van der Waals surface area contributed by atoms with Gasteiger partial charge in [-0.05, 0) is 32.2 Å². The van der Waals surface area contributed by atoms with E-state index in [0.29, 0.717) is 0 Å². The summed E-state index contributed by atoms with van der Waals surface area (Å²) in [5, 5.41) is 6.53. The molecule has 0 aromatic carbocycles. The zero-order valence-corrected chi connectivity index (χ0v) is 13.7.